The molecule has 0 aliphatic heterocycles. The van der Waals surface area contributed by atoms with E-state index in [1.807, 2.05) is 34.6 Å². The number of nitrogens with one attached hydrogen (secondary N) is 1. The topological polar surface area (TPSA) is 75.4 Å². The van der Waals surface area contributed by atoms with Crippen molar-refractivity contribution in [2.75, 3.05) is 19.6 Å². The van der Waals surface area contributed by atoms with Crippen LogP contribution < -0.4 is 10.5 Å². The summed E-state index contributed by atoms with van der Waals surface area (Å²) in [6, 6.07) is 0. The van der Waals surface area contributed by atoms with Gasteiger partial charge in [0.2, 0.25) is 0 Å². The Balaban J connectivity index is 4.94. The fourth-order valence-electron chi connectivity index (χ4n) is 1.32. The molecular weight excluding hydrogens is 226 g/mol. The van der Waals surface area contributed by atoms with Crippen LogP contribution in [0.2, 0.25) is 0 Å². The number of hydrogen-bond acceptors (Lipinski definition) is 3. The van der Waals surface area contributed by atoms with Crippen molar-refractivity contribution in [3.8, 4) is 0 Å². The number of rotatable bonds is 7. The molecule has 6 heteroatoms. The van der Waals surface area contributed by atoms with E-state index in [4.69, 9.17) is 5.73 Å². The maximum atomic E-state index is 12.0. The van der Waals surface area contributed by atoms with Gasteiger partial charge in [0, 0.05) is 25.2 Å². The Morgan fingerprint density at radius 2 is 1.75 bits per heavy atom. The quantitative estimate of drug-likeness (QED) is 0.693. The highest BCUT2D eigenvalue weighted by Gasteiger charge is 2.33. The van der Waals surface area contributed by atoms with E-state index in [-0.39, 0.29) is 12.5 Å². The normalized spacial score (nSPS) is 16.8. The van der Waals surface area contributed by atoms with Crippen molar-refractivity contribution in [2.45, 2.75) is 40.2 Å². The molecule has 3 N–H and O–H groups in total. The van der Waals surface area contributed by atoms with Gasteiger partial charge in [-0.15, -0.1) is 0 Å². The zero-order chi connectivity index (χ0) is 13.0. The van der Waals surface area contributed by atoms with E-state index < -0.39 is 15.7 Å². The summed E-state index contributed by atoms with van der Waals surface area (Å²) in [4.78, 5) is 0. The molecule has 0 fully saturated rings. The van der Waals surface area contributed by atoms with Gasteiger partial charge in [-0.05, 0) is 12.8 Å². The van der Waals surface area contributed by atoms with Gasteiger partial charge in [0.25, 0.3) is 10.2 Å². The first kappa shape index (κ1) is 15.8. The standard InChI is InChI=1S/C10H25N3O2S/c1-6-13(7-2)16(14,15)12-10(5,8-11)9(3)4/h9,12H,6-8,11H2,1-5H3. The van der Waals surface area contributed by atoms with Crippen LogP contribution in [-0.4, -0.2) is 37.9 Å². The van der Waals surface area contributed by atoms with Gasteiger partial charge in [0.1, 0.15) is 0 Å². The first-order valence-electron chi connectivity index (χ1n) is 5.72. The highest BCUT2D eigenvalue weighted by molar-refractivity contribution is 7.87. The second kappa shape index (κ2) is 5.95. The van der Waals surface area contributed by atoms with E-state index >= 15 is 0 Å². The Morgan fingerprint density at radius 1 is 1.31 bits per heavy atom. The maximum Gasteiger partial charge on any atom is 0.279 e. The Labute approximate surface area is 99.6 Å². The van der Waals surface area contributed by atoms with Crippen LogP contribution in [0.4, 0.5) is 0 Å². The molecule has 0 bridgehead atoms. The van der Waals surface area contributed by atoms with E-state index in [1.165, 1.54) is 4.31 Å². The zero-order valence-electron chi connectivity index (χ0n) is 10.9. The molecule has 1 atom stereocenters. The molecule has 5 nitrogen and oxygen atoms in total. The van der Waals surface area contributed by atoms with Gasteiger partial charge in [0.05, 0.1) is 0 Å². The van der Waals surface area contributed by atoms with Gasteiger partial charge in [-0.25, -0.2) is 0 Å². The van der Waals surface area contributed by atoms with E-state index in [9.17, 15) is 8.42 Å². The molecule has 1 unspecified atom stereocenters. The summed E-state index contributed by atoms with van der Waals surface area (Å²) in [5.74, 6) is 0.142. The summed E-state index contributed by atoms with van der Waals surface area (Å²) in [6.07, 6.45) is 0. The van der Waals surface area contributed by atoms with E-state index in [1.54, 1.807) is 0 Å². The molecule has 0 saturated carbocycles. The lowest BCUT2D eigenvalue weighted by Crippen LogP contribution is -2.58. The molecule has 16 heavy (non-hydrogen) atoms. The Bertz CT molecular complexity index is 299. The van der Waals surface area contributed by atoms with Crippen molar-refractivity contribution < 1.29 is 8.42 Å². The highest BCUT2D eigenvalue weighted by Crippen LogP contribution is 2.17. The molecule has 0 heterocycles. The lowest BCUT2D eigenvalue weighted by atomic mass is 9.90. The van der Waals surface area contributed by atoms with Crippen LogP contribution >= 0.6 is 0 Å². The summed E-state index contributed by atoms with van der Waals surface area (Å²) in [6.45, 7) is 10.6. The molecule has 0 saturated heterocycles. The third-order valence-corrected chi connectivity index (χ3v) is 5.03. The van der Waals surface area contributed by atoms with Gasteiger partial charge in [-0.1, -0.05) is 27.7 Å². The van der Waals surface area contributed by atoms with E-state index in [0.717, 1.165) is 0 Å². The molecule has 0 radical (unpaired) electrons. The van der Waals surface area contributed by atoms with Crippen molar-refractivity contribution in [1.82, 2.24) is 9.03 Å². The van der Waals surface area contributed by atoms with Crippen LogP contribution in [0.3, 0.4) is 0 Å². The molecule has 0 spiro atoms. The van der Waals surface area contributed by atoms with Gasteiger partial charge < -0.3 is 5.73 Å². The first-order chi connectivity index (χ1) is 7.23. The first-order valence-corrected chi connectivity index (χ1v) is 7.16. The third kappa shape index (κ3) is 3.69. The van der Waals surface area contributed by atoms with Crippen molar-refractivity contribution in [1.29, 1.82) is 0 Å². The summed E-state index contributed by atoms with van der Waals surface area (Å²) in [5.41, 5.74) is 5.06. The summed E-state index contributed by atoms with van der Waals surface area (Å²) < 4.78 is 28.1. The van der Waals surface area contributed by atoms with Crippen LogP contribution in [0.15, 0.2) is 0 Å². The molecule has 0 aromatic rings. The summed E-state index contributed by atoms with van der Waals surface area (Å²) in [7, 11) is -3.43. The fraction of sp³-hybridized carbons (Fsp3) is 1.00. The zero-order valence-corrected chi connectivity index (χ0v) is 11.8. The average molecular weight is 251 g/mol. The third-order valence-electron chi connectivity index (χ3n) is 3.11. The molecule has 98 valence electrons. The second-order valence-electron chi connectivity index (χ2n) is 4.47. The Morgan fingerprint density at radius 3 is 2.00 bits per heavy atom. The highest BCUT2D eigenvalue weighted by atomic mass is 32.2. The van der Waals surface area contributed by atoms with Crippen molar-refractivity contribution in [3.05, 3.63) is 0 Å². The van der Waals surface area contributed by atoms with Crippen molar-refractivity contribution in [3.63, 3.8) is 0 Å². The van der Waals surface area contributed by atoms with Crippen LogP contribution in [-0.2, 0) is 10.2 Å². The molecule has 0 aromatic carbocycles. The fourth-order valence-corrected chi connectivity index (χ4v) is 3.04. The molecular formula is C10H25N3O2S. The minimum absolute atomic E-state index is 0.142. The van der Waals surface area contributed by atoms with Crippen molar-refractivity contribution >= 4 is 10.2 Å². The second-order valence-corrected chi connectivity index (χ2v) is 6.14. The molecule has 0 aliphatic carbocycles. The SMILES string of the molecule is CCN(CC)S(=O)(=O)NC(C)(CN)C(C)C. The Kier molecular flexibility index (Phi) is 5.89. The minimum atomic E-state index is -3.43. The van der Waals surface area contributed by atoms with Crippen LogP contribution in [0.1, 0.15) is 34.6 Å². The predicted molar refractivity (Wildman–Crippen MR) is 67.3 cm³/mol. The van der Waals surface area contributed by atoms with E-state index in [2.05, 4.69) is 4.72 Å². The molecule has 0 rings (SSSR count). The van der Waals surface area contributed by atoms with Gasteiger partial charge >= 0.3 is 0 Å². The van der Waals surface area contributed by atoms with Crippen molar-refractivity contribution in [2.24, 2.45) is 11.7 Å². The maximum absolute atomic E-state index is 12.0. The van der Waals surface area contributed by atoms with Crippen LogP contribution in [0, 0.1) is 5.92 Å². The van der Waals surface area contributed by atoms with Gasteiger partial charge in [0.15, 0.2) is 0 Å². The molecule has 0 aromatic heterocycles. The number of nitrogens with zero attached hydrogens (tertiary/aromatic N) is 1. The van der Waals surface area contributed by atoms with E-state index in [0.29, 0.717) is 13.1 Å². The minimum Gasteiger partial charge on any atom is -0.329 e. The number of hydrogen-bond donors (Lipinski definition) is 2. The lowest BCUT2D eigenvalue weighted by Gasteiger charge is -2.35. The molecule has 0 amide bonds. The summed E-state index contributed by atoms with van der Waals surface area (Å²) >= 11 is 0. The van der Waals surface area contributed by atoms with Crippen LogP contribution in [0.5, 0.6) is 0 Å². The lowest BCUT2D eigenvalue weighted by molar-refractivity contribution is 0.302. The Hall–Kier alpha value is -0.170. The number of nitrogens with two attached hydrogens (primary N) is 1. The largest absolute Gasteiger partial charge is 0.329 e. The monoisotopic (exact) mass is 251 g/mol. The average Bonchev–Trinajstić information content (AvgIpc) is 2.17. The van der Waals surface area contributed by atoms with Crippen LogP contribution in [0.25, 0.3) is 0 Å². The smallest absolute Gasteiger partial charge is 0.279 e. The van der Waals surface area contributed by atoms with Gasteiger partial charge in [-0.2, -0.15) is 17.4 Å². The molecule has 0 aliphatic rings. The van der Waals surface area contributed by atoms with Gasteiger partial charge in [-0.3, -0.25) is 0 Å². The predicted octanol–water partition coefficient (Wildman–Crippen LogP) is 0.536. The summed E-state index contributed by atoms with van der Waals surface area (Å²) in [5, 5.41) is 0.